The van der Waals surface area contributed by atoms with Gasteiger partial charge in [0.1, 0.15) is 12.0 Å². The van der Waals surface area contributed by atoms with Crippen LogP contribution in [0, 0.1) is 6.92 Å². The third kappa shape index (κ3) is 3.02. The Morgan fingerprint density at radius 3 is 2.41 bits per heavy atom. The van der Waals surface area contributed by atoms with Crippen molar-refractivity contribution in [3.05, 3.63) is 28.8 Å². The minimum absolute atomic E-state index is 0.111. The summed E-state index contributed by atoms with van der Waals surface area (Å²) in [4.78, 5) is 10.5. The number of aldehydes is 1. The third-order valence-corrected chi connectivity index (χ3v) is 2.71. The quantitative estimate of drug-likeness (QED) is 0.737. The lowest BCUT2D eigenvalue weighted by Crippen LogP contribution is -2.03. The molecule has 0 saturated heterocycles. The number of carbonyl (C=O) groups is 1. The Kier molecular flexibility index (Phi) is 4.61. The van der Waals surface area contributed by atoms with E-state index in [1.807, 2.05) is 6.92 Å². The predicted octanol–water partition coefficient (Wildman–Crippen LogP) is 3.63. The molecule has 0 radical (unpaired) electrons. The number of aryl methyl sites for hydroxylation is 1. The summed E-state index contributed by atoms with van der Waals surface area (Å²) in [6.45, 7) is 3.57. The Morgan fingerprint density at radius 1 is 1.35 bits per heavy atom. The van der Waals surface area contributed by atoms with Crippen molar-refractivity contribution >= 4 is 6.29 Å². The number of rotatable bonds is 5. The molecule has 0 aliphatic rings. The second-order valence-corrected chi connectivity index (χ2v) is 4.08. The molecule has 1 atom stereocenters. The molecule has 1 unspecified atom stereocenters. The number of benzene rings is 1. The monoisotopic (exact) mass is 242 g/mol. The van der Waals surface area contributed by atoms with E-state index in [0.717, 1.165) is 11.8 Å². The van der Waals surface area contributed by atoms with E-state index in [1.54, 1.807) is 13.0 Å². The Bertz CT molecular complexity index is 403. The lowest BCUT2D eigenvalue weighted by molar-refractivity contribution is -0.108. The van der Waals surface area contributed by atoms with Crippen molar-refractivity contribution < 1.29 is 18.3 Å². The number of methoxy groups -OCH3 is 1. The van der Waals surface area contributed by atoms with E-state index >= 15 is 0 Å². The first-order valence-corrected chi connectivity index (χ1v) is 5.41. The molecule has 0 heterocycles. The summed E-state index contributed by atoms with van der Waals surface area (Å²) < 4.78 is 30.8. The highest BCUT2D eigenvalue weighted by molar-refractivity contribution is 5.54. The minimum atomic E-state index is -2.58. The van der Waals surface area contributed by atoms with E-state index in [1.165, 1.54) is 13.2 Å². The van der Waals surface area contributed by atoms with E-state index in [-0.39, 0.29) is 17.2 Å². The number of hydrogen-bond donors (Lipinski definition) is 0. The molecule has 1 rings (SSSR count). The summed E-state index contributed by atoms with van der Waals surface area (Å²) in [6, 6.07) is 3.21. The molecule has 94 valence electrons. The summed E-state index contributed by atoms with van der Waals surface area (Å²) in [5, 5.41) is 0. The zero-order valence-corrected chi connectivity index (χ0v) is 10.2. The van der Waals surface area contributed by atoms with Crippen molar-refractivity contribution in [2.75, 3.05) is 7.11 Å². The van der Waals surface area contributed by atoms with Gasteiger partial charge in [0.05, 0.1) is 12.7 Å². The molecule has 0 aromatic heterocycles. The van der Waals surface area contributed by atoms with Crippen LogP contribution < -0.4 is 4.74 Å². The van der Waals surface area contributed by atoms with Gasteiger partial charge in [-0.05, 0) is 24.5 Å². The average molecular weight is 242 g/mol. The van der Waals surface area contributed by atoms with Crippen LogP contribution in [0.3, 0.4) is 0 Å². The van der Waals surface area contributed by atoms with Crippen LogP contribution in [0.4, 0.5) is 8.78 Å². The molecular formula is C13H16F2O2. The highest BCUT2D eigenvalue weighted by atomic mass is 19.3. The fourth-order valence-corrected chi connectivity index (χ4v) is 1.87. The number of hydrogen-bond acceptors (Lipinski definition) is 2. The lowest BCUT2D eigenvalue weighted by Gasteiger charge is -2.18. The van der Waals surface area contributed by atoms with E-state index in [4.69, 9.17) is 4.74 Å². The molecule has 0 aliphatic carbocycles. The van der Waals surface area contributed by atoms with Crippen LogP contribution >= 0.6 is 0 Å². The molecular weight excluding hydrogens is 226 g/mol. The van der Waals surface area contributed by atoms with Gasteiger partial charge in [-0.25, -0.2) is 8.78 Å². The summed E-state index contributed by atoms with van der Waals surface area (Å²) in [6.07, 6.45) is -1.50. The van der Waals surface area contributed by atoms with Gasteiger partial charge in [0.2, 0.25) is 0 Å². The zero-order chi connectivity index (χ0) is 13.0. The van der Waals surface area contributed by atoms with Gasteiger partial charge in [0.15, 0.2) is 0 Å². The molecule has 1 aromatic rings. The molecule has 0 N–H and O–H groups in total. The van der Waals surface area contributed by atoms with Crippen molar-refractivity contribution in [1.82, 2.24) is 0 Å². The van der Waals surface area contributed by atoms with Gasteiger partial charge in [0, 0.05) is 6.42 Å². The largest absolute Gasteiger partial charge is 0.496 e. The van der Waals surface area contributed by atoms with Gasteiger partial charge >= 0.3 is 0 Å². The molecule has 0 spiro atoms. The Labute approximate surface area is 99.6 Å². The van der Waals surface area contributed by atoms with Crippen molar-refractivity contribution in [2.45, 2.75) is 32.6 Å². The van der Waals surface area contributed by atoms with Crippen LogP contribution in [0.2, 0.25) is 0 Å². The predicted molar refractivity (Wildman–Crippen MR) is 61.8 cm³/mol. The molecule has 17 heavy (non-hydrogen) atoms. The van der Waals surface area contributed by atoms with Gasteiger partial charge in [0.25, 0.3) is 6.43 Å². The van der Waals surface area contributed by atoms with Crippen molar-refractivity contribution in [3.63, 3.8) is 0 Å². The maximum Gasteiger partial charge on any atom is 0.267 e. The topological polar surface area (TPSA) is 26.3 Å². The number of alkyl halides is 2. The van der Waals surface area contributed by atoms with Crippen molar-refractivity contribution in [2.24, 2.45) is 0 Å². The van der Waals surface area contributed by atoms with Crippen LogP contribution in [0.25, 0.3) is 0 Å². The smallest absolute Gasteiger partial charge is 0.267 e. The summed E-state index contributed by atoms with van der Waals surface area (Å²) in [7, 11) is 1.37. The highest BCUT2D eigenvalue weighted by Crippen LogP contribution is 2.37. The second kappa shape index (κ2) is 5.75. The molecule has 0 saturated carbocycles. The van der Waals surface area contributed by atoms with E-state index in [2.05, 4.69) is 0 Å². The first-order valence-electron chi connectivity index (χ1n) is 5.41. The van der Waals surface area contributed by atoms with Crippen molar-refractivity contribution in [1.29, 1.82) is 0 Å². The number of carbonyl (C=O) groups excluding carboxylic acids is 1. The molecule has 2 nitrogen and oxygen atoms in total. The first-order chi connectivity index (χ1) is 8.01. The maximum atomic E-state index is 12.9. The molecule has 4 heteroatoms. The Hall–Kier alpha value is -1.45. The van der Waals surface area contributed by atoms with Crippen LogP contribution in [-0.4, -0.2) is 13.4 Å². The fourth-order valence-electron chi connectivity index (χ4n) is 1.87. The van der Waals surface area contributed by atoms with Gasteiger partial charge < -0.3 is 9.53 Å². The number of halogens is 2. The Morgan fingerprint density at radius 2 is 1.94 bits per heavy atom. The zero-order valence-electron chi connectivity index (χ0n) is 10.2. The molecule has 0 bridgehead atoms. The van der Waals surface area contributed by atoms with E-state index < -0.39 is 6.43 Å². The van der Waals surface area contributed by atoms with Crippen LogP contribution in [0.5, 0.6) is 5.75 Å². The highest BCUT2D eigenvalue weighted by Gasteiger charge is 2.20. The molecule has 0 amide bonds. The summed E-state index contributed by atoms with van der Waals surface area (Å²) >= 11 is 0. The first kappa shape index (κ1) is 13.6. The maximum absolute atomic E-state index is 12.9. The third-order valence-electron chi connectivity index (χ3n) is 2.71. The normalized spacial score (nSPS) is 12.6. The lowest BCUT2D eigenvalue weighted by atomic mass is 9.93. The van der Waals surface area contributed by atoms with E-state index in [9.17, 15) is 13.6 Å². The minimum Gasteiger partial charge on any atom is -0.496 e. The number of ether oxygens (including phenoxy) is 1. The molecule has 0 aliphatic heterocycles. The van der Waals surface area contributed by atoms with Gasteiger partial charge in [-0.3, -0.25) is 0 Å². The van der Waals surface area contributed by atoms with Crippen LogP contribution in [-0.2, 0) is 4.79 Å². The average Bonchev–Trinajstić information content (AvgIpc) is 2.28. The summed E-state index contributed by atoms with van der Waals surface area (Å²) in [5.74, 6) is 0.0693. The van der Waals surface area contributed by atoms with Gasteiger partial charge in [-0.2, -0.15) is 0 Å². The van der Waals surface area contributed by atoms with E-state index in [0.29, 0.717) is 12.0 Å². The Balaban J connectivity index is 3.32. The van der Waals surface area contributed by atoms with Gasteiger partial charge in [-0.1, -0.05) is 18.6 Å². The SMILES string of the molecule is COc1c(C(F)F)cc(C)cc1C(C)CC=O. The van der Waals surface area contributed by atoms with Gasteiger partial charge in [-0.15, -0.1) is 0 Å². The second-order valence-electron chi connectivity index (χ2n) is 4.08. The summed E-state index contributed by atoms with van der Waals surface area (Å²) in [5.41, 5.74) is 1.30. The van der Waals surface area contributed by atoms with Crippen LogP contribution in [0.15, 0.2) is 12.1 Å². The molecule has 1 aromatic carbocycles. The van der Waals surface area contributed by atoms with Crippen LogP contribution in [0.1, 0.15) is 42.4 Å². The standard InChI is InChI=1S/C13H16F2O2/c1-8-6-10(9(2)4-5-16)12(17-3)11(7-8)13(14)15/h5-7,9,13H,4H2,1-3H3. The van der Waals surface area contributed by atoms with Crippen molar-refractivity contribution in [3.8, 4) is 5.75 Å². The fraction of sp³-hybridized carbons (Fsp3) is 0.462. The molecule has 0 fully saturated rings.